The predicted octanol–water partition coefficient (Wildman–Crippen LogP) is 1.08. The lowest BCUT2D eigenvalue weighted by molar-refractivity contribution is 0.431. The molecule has 0 aromatic carbocycles. The van der Waals surface area contributed by atoms with Crippen LogP contribution in [0.2, 0.25) is 0 Å². The summed E-state index contributed by atoms with van der Waals surface area (Å²) in [5.41, 5.74) is 1.31. The standard InChI is InChI=1S/C9H13N3/c1-9(3-2-4-12-9)8-5-10-7-11-6-8/h5-7,12H,2-4H2,1H3. The van der Waals surface area contributed by atoms with Gasteiger partial charge in [-0.2, -0.15) is 0 Å². The Balaban J connectivity index is 2.29. The van der Waals surface area contributed by atoms with E-state index in [4.69, 9.17) is 0 Å². The van der Waals surface area contributed by atoms with Crippen LogP contribution < -0.4 is 5.32 Å². The van der Waals surface area contributed by atoms with Gasteiger partial charge in [-0.3, -0.25) is 0 Å². The number of nitrogens with one attached hydrogen (secondary N) is 1. The average Bonchev–Trinajstić information content (AvgIpc) is 2.55. The lowest BCUT2D eigenvalue weighted by Crippen LogP contribution is -2.33. The van der Waals surface area contributed by atoms with Crippen LogP contribution in [-0.4, -0.2) is 16.5 Å². The van der Waals surface area contributed by atoms with Crippen LogP contribution >= 0.6 is 0 Å². The summed E-state index contributed by atoms with van der Waals surface area (Å²) in [6, 6.07) is 0. The molecule has 1 aromatic heterocycles. The molecule has 0 radical (unpaired) electrons. The highest BCUT2D eigenvalue weighted by Gasteiger charge is 2.30. The second-order valence-electron chi connectivity index (χ2n) is 3.49. The minimum absolute atomic E-state index is 0.112. The maximum Gasteiger partial charge on any atom is 0.115 e. The zero-order chi connectivity index (χ0) is 8.44. The Morgan fingerprint density at radius 3 is 2.75 bits per heavy atom. The van der Waals surface area contributed by atoms with Crippen molar-refractivity contribution >= 4 is 0 Å². The molecule has 1 aromatic rings. The molecule has 3 nitrogen and oxygen atoms in total. The molecular formula is C9H13N3. The average molecular weight is 163 g/mol. The minimum Gasteiger partial charge on any atom is -0.308 e. The van der Waals surface area contributed by atoms with Crippen LogP contribution in [0.5, 0.6) is 0 Å². The lowest BCUT2D eigenvalue weighted by atomic mass is 9.93. The van der Waals surface area contributed by atoms with Gasteiger partial charge in [-0.25, -0.2) is 9.97 Å². The molecule has 1 saturated heterocycles. The van der Waals surface area contributed by atoms with Gasteiger partial charge in [-0.15, -0.1) is 0 Å². The fourth-order valence-corrected chi connectivity index (χ4v) is 1.73. The Kier molecular flexibility index (Phi) is 1.81. The smallest absolute Gasteiger partial charge is 0.115 e. The second-order valence-corrected chi connectivity index (χ2v) is 3.49. The summed E-state index contributed by atoms with van der Waals surface area (Å²) in [5.74, 6) is 0. The molecule has 0 bridgehead atoms. The molecule has 2 rings (SSSR count). The highest BCUT2D eigenvalue weighted by Crippen LogP contribution is 2.28. The first-order valence-corrected chi connectivity index (χ1v) is 4.32. The Bertz CT molecular complexity index is 252. The summed E-state index contributed by atoms with van der Waals surface area (Å²) < 4.78 is 0. The Labute approximate surface area is 72.2 Å². The van der Waals surface area contributed by atoms with Crippen LogP contribution in [0.25, 0.3) is 0 Å². The van der Waals surface area contributed by atoms with Crippen molar-refractivity contribution in [2.45, 2.75) is 25.3 Å². The van der Waals surface area contributed by atoms with Crippen molar-refractivity contribution in [2.75, 3.05) is 6.54 Å². The van der Waals surface area contributed by atoms with Gasteiger partial charge in [0.15, 0.2) is 0 Å². The molecule has 2 heterocycles. The summed E-state index contributed by atoms with van der Waals surface area (Å²) in [7, 11) is 0. The third kappa shape index (κ3) is 1.20. The summed E-state index contributed by atoms with van der Waals surface area (Å²) in [6.07, 6.45) is 7.78. The molecule has 1 aliphatic heterocycles. The van der Waals surface area contributed by atoms with Gasteiger partial charge in [0.05, 0.1) is 0 Å². The monoisotopic (exact) mass is 163 g/mol. The number of nitrogens with zero attached hydrogens (tertiary/aromatic N) is 2. The molecule has 1 unspecified atom stereocenters. The van der Waals surface area contributed by atoms with Crippen LogP contribution in [0.4, 0.5) is 0 Å². The molecule has 1 atom stereocenters. The summed E-state index contributed by atoms with van der Waals surface area (Å²) >= 11 is 0. The van der Waals surface area contributed by atoms with Crippen molar-refractivity contribution in [3.63, 3.8) is 0 Å². The van der Waals surface area contributed by atoms with Gasteiger partial charge in [0, 0.05) is 23.5 Å². The zero-order valence-electron chi connectivity index (χ0n) is 7.25. The molecule has 0 saturated carbocycles. The van der Waals surface area contributed by atoms with Crippen LogP contribution in [0.15, 0.2) is 18.7 Å². The topological polar surface area (TPSA) is 37.8 Å². The van der Waals surface area contributed by atoms with E-state index in [1.165, 1.54) is 18.4 Å². The molecule has 1 aliphatic rings. The van der Waals surface area contributed by atoms with Gasteiger partial charge in [0.2, 0.25) is 0 Å². The summed E-state index contributed by atoms with van der Waals surface area (Å²) in [6.45, 7) is 3.31. The molecular weight excluding hydrogens is 150 g/mol. The molecule has 64 valence electrons. The maximum absolute atomic E-state index is 4.02. The Morgan fingerprint density at radius 1 is 1.42 bits per heavy atom. The van der Waals surface area contributed by atoms with Crippen molar-refractivity contribution in [2.24, 2.45) is 0 Å². The number of hydrogen-bond donors (Lipinski definition) is 1. The molecule has 0 amide bonds. The van der Waals surface area contributed by atoms with Gasteiger partial charge < -0.3 is 5.32 Å². The molecule has 3 heteroatoms. The first-order valence-electron chi connectivity index (χ1n) is 4.32. The van der Waals surface area contributed by atoms with E-state index in [1.54, 1.807) is 6.33 Å². The van der Waals surface area contributed by atoms with Crippen molar-refractivity contribution in [1.82, 2.24) is 15.3 Å². The Morgan fingerprint density at radius 2 is 2.17 bits per heavy atom. The highest BCUT2D eigenvalue weighted by molar-refractivity contribution is 5.17. The zero-order valence-corrected chi connectivity index (χ0v) is 7.25. The van der Waals surface area contributed by atoms with Crippen molar-refractivity contribution in [1.29, 1.82) is 0 Å². The number of aromatic nitrogens is 2. The lowest BCUT2D eigenvalue weighted by Gasteiger charge is -2.23. The minimum atomic E-state index is 0.112. The molecule has 0 aliphatic carbocycles. The van der Waals surface area contributed by atoms with Crippen LogP contribution in [0.1, 0.15) is 25.3 Å². The van der Waals surface area contributed by atoms with Crippen LogP contribution in [0.3, 0.4) is 0 Å². The number of hydrogen-bond acceptors (Lipinski definition) is 3. The van der Waals surface area contributed by atoms with Crippen LogP contribution in [-0.2, 0) is 5.54 Å². The second kappa shape index (κ2) is 2.83. The van der Waals surface area contributed by atoms with E-state index in [1.807, 2.05) is 12.4 Å². The first kappa shape index (κ1) is 7.68. The van der Waals surface area contributed by atoms with E-state index in [0.717, 1.165) is 6.54 Å². The van der Waals surface area contributed by atoms with Gasteiger partial charge in [0.1, 0.15) is 6.33 Å². The number of rotatable bonds is 1. The van der Waals surface area contributed by atoms with E-state index < -0.39 is 0 Å². The first-order chi connectivity index (χ1) is 5.81. The normalized spacial score (nSPS) is 29.1. The predicted molar refractivity (Wildman–Crippen MR) is 46.6 cm³/mol. The van der Waals surface area contributed by atoms with Crippen molar-refractivity contribution in [3.8, 4) is 0 Å². The van der Waals surface area contributed by atoms with E-state index in [2.05, 4.69) is 22.2 Å². The van der Waals surface area contributed by atoms with E-state index in [-0.39, 0.29) is 5.54 Å². The van der Waals surface area contributed by atoms with E-state index >= 15 is 0 Å². The third-order valence-electron chi connectivity index (χ3n) is 2.57. The molecule has 0 spiro atoms. The van der Waals surface area contributed by atoms with Gasteiger partial charge >= 0.3 is 0 Å². The molecule has 12 heavy (non-hydrogen) atoms. The maximum atomic E-state index is 4.02. The third-order valence-corrected chi connectivity index (χ3v) is 2.57. The SMILES string of the molecule is CC1(c2cncnc2)CCCN1. The largest absolute Gasteiger partial charge is 0.308 e. The van der Waals surface area contributed by atoms with E-state index in [9.17, 15) is 0 Å². The molecule has 1 N–H and O–H groups in total. The highest BCUT2D eigenvalue weighted by atomic mass is 15.0. The van der Waals surface area contributed by atoms with Crippen molar-refractivity contribution in [3.05, 3.63) is 24.3 Å². The quantitative estimate of drug-likeness (QED) is 0.673. The summed E-state index contributed by atoms with van der Waals surface area (Å²) in [5, 5.41) is 3.47. The van der Waals surface area contributed by atoms with Gasteiger partial charge in [0.25, 0.3) is 0 Å². The summed E-state index contributed by atoms with van der Waals surface area (Å²) in [4.78, 5) is 8.05. The van der Waals surface area contributed by atoms with Gasteiger partial charge in [-0.1, -0.05) is 0 Å². The van der Waals surface area contributed by atoms with Crippen molar-refractivity contribution < 1.29 is 0 Å². The van der Waals surface area contributed by atoms with E-state index in [0.29, 0.717) is 0 Å². The van der Waals surface area contributed by atoms with Crippen LogP contribution in [0, 0.1) is 0 Å². The fourth-order valence-electron chi connectivity index (χ4n) is 1.73. The Hall–Kier alpha value is -0.960. The fraction of sp³-hybridized carbons (Fsp3) is 0.556. The molecule has 1 fully saturated rings. The van der Waals surface area contributed by atoms with Gasteiger partial charge in [-0.05, 0) is 26.3 Å².